The van der Waals surface area contributed by atoms with Gasteiger partial charge in [-0.2, -0.15) is 0 Å². The van der Waals surface area contributed by atoms with E-state index < -0.39 is 0 Å². The van der Waals surface area contributed by atoms with Crippen molar-refractivity contribution in [1.82, 2.24) is 20.5 Å². The van der Waals surface area contributed by atoms with Gasteiger partial charge in [0.1, 0.15) is 4.34 Å². The van der Waals surface area contributed by atoms with E-state index in [4.69, 9.17) is 0 Å². The Balaban J connectivity index is 0.00000338. The van der Waals surface area contributed by atoms with Gasteiger partial charge in [0.05, 0.1) is 0 Å². The summed E-state index contributed by atoms with van der Waals surface area (Å²) in [6.45, 7) is 9.20. The molecular weight excluding hydrogens is 481 g/mol. The molecule has 0 radical (unpaired) electrons. The second-order valence-corrected chi connectivity index (χ2v) is 8.57. The first-order valence-corrected chi connectivity index (χ1v) is 10.8. The number of halogens is 1. The van der Waals surface area contributed by atoms with E-state index in [1.54, 1.807) is 23.1 Å². The number of aromatic nitrogens is 1. The molecule has 1 aromatic rings. The van der Waals surface area contributed by atoms with E-state index in [0.29, 0.717) is 0 Å². The Morgan fingerprint density at radius 3 is 3.00 bits per heavy atom. The Kier molecular flexibility index (Phi) is 11.5. The number of hydrogen-bond acceptors (Lipinski definition) is 5. The largest absolute Gasteiger partial charge is 0.357 e. The van der Waals surface area contributed by atoms with Crippen LogP contribution in [0.1, 0.15) is 33.6 Å². The number of amides is 1. The number of nitrogens with one attached hydrogen (secondary N) is 2. The zero-order valence-corrected chi connectivity index (χ0v) is 19.7. The number of hydrogen-bond donors (Lipinski definition) is 2. The molecular formula is C17H30IN5OS2. The predicted octanol–water partition coefficient (Wildman–Crippen LogP) is 3.06. The molecule has 0 aromatic carbocycles. The molecule has 1 aliphatic rings. The minimum atomic E-state index is 0. The van der Waals surface area contributed by atoms with E-state index in [-0.39, 0.29) is 41.8 Å². The van der Waals surface area contributed by atoms with Gasteiger partial charge < -0.3 is 15.5 Å². The first-order chi connectivity index (χ1) is 12.1. The lowest BCUT2D eigenvalue weighted by Gasteiger charge is -2.20. The van der Waals surface area contributed by atoms with E-state index >= 15 is 0 Å². The van der Waals surface area contributed by atoms with Gasteiger partial charge in [-0.3, -0.25) is 9.79 Å². The zero-order chi connectivity index (χ0) is 18.1. The summed E-state index contributed by atoms with van der Waals surface area (Å²) in [6, 6.07) is 0.283. The van der Waals surface area contributed by atoms with E-state index in [1.165, 1.54) is 0 Å². The first-order valence-electron chi connectivity index (χ1n) is 8.96. The molecule has 1 aliphatic heterocycles. The van der Waals surface area contributed by atoms with E-state index in [1.807, 2.05) is 30.3 Å². The summed E-state index contributed by atoms with van der Waals surface area (Å²) in [6.07, 6.45) is 3.83. The Bertz CT molecular complexity index is 553. The fourth-order valence-electron chi connectivity index (χ4n) is 2.65. The van der Waals surface area contributed by atoms with Crippen molar-refractivity contribution in [2.45, 2.75) is 44.0 Å². The van der Waals surface area contributed by atoms with Crippen molar-refractivity contribution >= 4 is 58.9 Å². The molecule has 0 aliphatic carbocycles. The van der Waals surface area contributed by atoms with E-state index in [0.717, 1.165) is 55.1 Å². The maximum atomic E-state index is 12.1. The smallest absolute Gasteiger partial charge is 0.225 e. The first kappa shape index (κ1) is 23.5. The summed E-state index contributed by atoms with van der Waals surface area (Å²) in [7, 11) is 0. The highest BCUT2D eigenvalue weighted by molar-refractivity contribution is 14.0. The van der Waals surface area contributed by atoms with Crippen LogP contribution in [0.4, 0.5) is 0 Å². The number of carbonyl (C=O) groups is 1. The molecule has 0 saturated carbocycles. The Morgan fingerprint density at radius 1 is 1.54 bits per heavy atom. The lowest BCUT2D eigenvalue weighted by atomic mass is 10.2. The van der Waals surface area contributed by atoms with Crippen LogP contribution in [0.5, 0.6) is 0 Å². The Labute approximate surface area is 182 Å². The molecule has 148 valence electrons. The second kappa shape index (κ2) is 12.8. The molecule has 0 spiro atoms. The molecule has 2 rings (SSSR count). The van der Waals surface area contributed by atoms with Crippen LogP contribution in [0, 0.1) is 5.92 Å². The standard InChI is InChI=1S/C17H29N5OS2.HI/c1-4-18-16(19-7-5-10-24-17-20-8-11-25-17)21-14-6-9-22(12-14)15(23)13(2)3;/h8,11,13-14H,4-7,9-10,12H2,1-3H3,(H2,18,19,21);1H. The van der Waals surface area contributed by atoms with Gasteiger partial charge in [0.25, 0.3) is 0 Å². The van der Waals surface area contributed by atoms with Gasteiger partial charge in [-0.25, -0.2) is 4.98 Å². The Hall–Kier alpha value is -0.550. The van der Waals surface area contributed by atoms with Crippen LogP contribution in [0.15, 0.2) is 20.9 Å². The number of thiazole rings is 1. The fraction of sp³-hybridized carbons (Fsp3) is 0.706. The van der Waals surface area contributed by atoms with Gasteiger partial charge in [0.15, 0.2) is 5.96 Å². The molecule has 1 saturated heterocycles. The molecule has 1 aromatic heterocycles. The van der Waals surface area contributed by atoms with Gasteiger partial charge in [0, 0.05) is 55.5 Å². The third kappa shape index (κ3) is 7.99. The summed E-state index contributed by atoms with van der Waals surface area (Å²) >= 11 is 3.46. The highest BCUT2D eigenvalue weighted by Gasteiger charge is 2.27. The van der Waals surface area contributed by atoms with Gasteiger partial charge in [-0.15, -0.1) is 35.3 Å². The minimum absolute atomic E-state index is 0. The van der Waals surface area contributed by atoms with Gasteiger partial charge >= 0.3 is 0 Å². The molecule has 9 heteroatoms. The number of guanidine groups is 1. The molecule has 1 amide bonds. The zero-order valence-electron chi connectivity index (χ0n) is 15.7. The normalized spacial score (nSPS) is 17.3. The maximum absolute atomic E-state index is 12.1. The molecule has 2 heterocycles. The van der Waals surface area contributed by atoms with Crippen LogP contribution < -0.4 is 10.6 Å². The Morgan fingerprint density at radius 2 is 2.35 bits per heavy atom. The molecule has 26 heavy (non-hydrogen) atoms. The summed E-state index contributed by atoms with van der Waals surface area (Å²) in [5, 5.41) is 8.77. The van der Waals surface area contributed by atoms with Crippen LogP contribution in [0.25, 0.3) is 0 Å². The summed E-state index contributed by atoms with van der Waals surface area (Å²) in [5.41, 5.74) is 0. The van der Waals surface area contributed by atoms with Gasteiger partial charge in [0.2, 0.25) is 5.91 Å². The maximum Gasteiger partial charge on any atom is 0.225 e. The van der Waals surface area contributed by atoms with Crippen molar-refractivity contribution in [2.24, 2.45) is 10.9 Å². The number of aliphatic imine (C=N–C) groups is 1. The number of likely N-dealkylation sites (tertiary alicyclic amines) is 1. The summed E-state index contributed by atoms with van der Waals surface area (Å²) in [5.74, 6) is 2.18. The topological polar surface area (TPSA) is 69.6 Å². The lowest BCUT2D eigenvalue weighted by molar-refractivity contribution is -0.133. The second-order valence-electron chi connectivity index (χ2n) is 6.33. The molecule has 1 unspecified atom stereocenters. The monoisotopic (exact) mass is 511 g/mol. The van der Waals surface area contributed by atoms with E-state index in [9.17, 15) is 4.79 Å². The van der Waals surface area contributed by atoms with Crippen molar-refractivity contribution in [3.63, 3.8) is 0 Å². The molecule has 6 nitrogen and oxygen atoms in total. The number of carbonyl (C=O) groups excluding carboxylic acids is 1. The highest BCUT2D eigenvalue weighted by atomic mass is 127. The van der Waals surface area contributed by atoms with Crippen molar-refractivity contribution < 1.29 is 4.79 Å². The van der Waals surface area contributed by atoms with Crippen LogP contribution in [-0.4, -0.2) is 59.7 Å². The SMILES string of the molecule is CCNC(=NCCCSc1nccs1)NC1CCN(C(=O)C(C)C)C1.I. The summed E-state index contributed by atoms with van der Waals surface area (Å²) < 4.78 is 1.12. The van der Waals surface area contributed by atoms with Crippen LogP contribution in [0.2, 0.25) is 0 Å². The number of rotatable bonds is 8. The van der Waals surface area contributed by atoms with E-state index in [2.05, 4.69) is 27.5 Å². The van der Waals surface area contributed by atoms with Crippen molar-refractivity contribution in [3.8, 4) is 0 Å². The third-order valence-corrected chi connectivity index (χ3v) is 5.94. The van der Waals surface area contributed by atoms with Crippen molar-refractivity contribution in [2.75, 3.05) is 31.9 Å². The predicted molar refractivity (Wildman–Crippen MR) is 122 cm³/mol. The third-order valence-electron chi connectivity index (χ3n) is 3.89. The quantitative estimate of drug-likeness (QED) is 0.185. The van der Waals surface area contributed by atoms with Crippen molar-refractivity contribution in [3.05, 3.63) is 11.6 Å². The molecule has 1 fully saturated rings. The van der Waals surface area contributed by atoms with Crippen LogP contribution in [0.3, 0.4) is 0 Å². The van der Waals surface area contributed by atoms with Gasteiger partial charge in [-0.1, -0.05) is 25.6 Å². The van der Waals surface area contributed by atoms with Crippen LogP contribution in [-0.2, 0) is 4.79 Å². The lowest BCUT2D eigenvalue weighted by Crippen LogP contribution is -2.45. The number of nitrogens with zero attached hydrogens (tertiary/aromatic N) is 3. The fourth-order valence-corrected chi connectivity index (χ4v) is 4.29. The highest BCUT2D eigenvalue weighted by Crippen LogP contribution is 2.20. The van der Waals surface area contributed by atoms with Crippen LogP contribution >= 0.6 is 47.1 Å². The average Bonchev–Trinajstić information content (AvgIpc) is 3.25. The molecule has 0 bridgehead atoms. The minimum Gasteiger partial charge on any atom is -0.357 e. The number of thioether (sulfide) groups is 1. The average molecular weight is 511 g/mol. The summed E-state index contributed by atoms with van der Waals surface area (Å²) in [4.78, 5) is 23.0. The molecule has 2 N–H and O–H groups in total. The molecule has 1 atom stereocenters. The van der Waals surface area contributed by atoms with Crippen molar-refractivity contribution in [1.29, 1.82) is 0 Å². The van der Waals surface area contributed by atoms with Gasteiger partial charge in [-0.05, 0) is 19.8 Å².